The van der Waals surface area contributed by atoms with E-state index in [4.69, 9.17) is 4.98 Å². The maximum absolute atomic E-state index is 14.4. The Morgan fingerprint density at radius 1 is 0.825 bits per heavy atom. The molecule has 4 heteroatoms. The standard InChI is InChI=1S/C36H31N3O/c1-2-30-34(24-14-5-3-6-15-24)31-22-13-23-38(31)36(35(30,34)25-16-7-4-8-17-25)27-19-10-12-21-29(27)39-32(40)26-18-9-11-20-28(26)37-33(36)39/h3-12,14-21,30-31H,2,13,22-23H2,1H3/t30-,31-,34+,35+,36-/m1/s1. The second kappa shape index (κ2) is 7.58. The van der Waals surface area contributed by atoms with E-state index in [1.807, 2.05) is 28.8 Å². The van der Waals surface area contributed by atoms with Crippen molar-refractivity contribution in [1.82, 2.24) is 14.5 Å². The molecule has 1 spiro atoms. The summed E-state index contributed by atoms with van der Waals surface area (Å²) in [6, 6.07) is 39.4. The van der Waals surface area contributed by atoms with Crippen LogP contribution in [0, 0.1) is 5.92 Å². The minimum atomic E-state index is -0.550. The van der Waals surface area contributed by atoms with Crippen LogP contribution in [0.25, 0.3) is 16.6 Å². The smallest absolute Gasteiger partial charge is 0.266 e. The van der Waals surface area contributed by atoms with E-state index in [9.17, 15) is 4.79 Å². The summed E-state index contributed by atoms with van der Waals surface area (Å²) in [6.07, 6.45) is 3.37. The number of piperidine rings is 1. The first-order valence-electron chi connectivity index (χ1n) is 14.7. The first kappa shape index (κ1) is 22.8. The van der Waals surface area contributed by atoms with E-state index in [0.717, 1.165) is 42.8 Å². The topological polar surface area (TPSA) is 38.1 Å². The van der Waals surface area contributed by atoms with Crippen molar-refractivity contribution >= 4 is 10.9 Å². The lowest BCUT2D eigenvalue weighted by atomic mass is 9.67. The number of para-hydroxylation sites is 2. The Morgan fingerprint density at radius 3 is 2.27 bits per heavy atom. The third-order valence-electron chi connectivity index (χ3n) is 10.9. The van der Waals surface area contributed by atoms with Gasteiger partial charge in [0, 0.05) is 22.4 Å². The Bertz CT molecular complexity index is 1880. The lowest BCUT2D eigenvalue weighted by molar-refractivity contribution is 0.0975. The Labute approximate surface area is 233 Å². The normalized spacial score (nSPS) is 31.2. The van der Waals surface area contributed by atoms with Crippen LogP contribution in [0.5, 0.6) is 0 Å². The molecule has 4 nitrogen and oxygen atoms in total. The zero-order valence-corrected chi connectivity index (χ0v) is 22.6. The van der Waals surface area contributed by atoms with Crippen LogP contribution in [-0.2, 0) is 16.4 Å². The maximum atomic E-state index is 14.4. The molecule has 0 unspecified atom stereocenters. The molecule has 40 heavy (non-hydrogen) atoms. The SMILES string of the molecule is CC[C@@H]1[C@@]2(c3ccccc3)[C@H]3CCCN3[C@@]3(c4ccccc4-n4c3nc3ccccc3c4=O)[C@@]12c1ccccc1. The van der Waals surface area contributed by atoms with Crippen LogP contribution >= 0.6 is 0 Å². The second-order valence-electron chi connectivity index (χ2n) is 12.0. The molecule has 1 saturated carbocycles. The molecular formula is C36H31N3O. The highest BCUT2D eigenvalue weighted by Gasteiger charge is 2.94. The van der Waals surface area contributed by atoms with E-state index >= 15 is 0 Å². The third kappa shape index (κ3) is 2.19. The highest BCUT2D eigenvalue weighted by atomic mass is 16.1. The Balaban J connectivity index is 1.51. The number of hydrogen-bond donors (Lipinski definition) is 0. The zero-order valence-electron chi connectivity index (χ0n) is 22.6. The molecule has 0 bridgehead atoms. The highest BCUT2D eigenvalue weighted by molar-refractivity contribution is 5.80. The van der Waals surface area contributed by atoms with Gasteiger partial charge in [0.05, 0.1) is 16.6 Å². The molecule has 4 aromatic carbocycles. The summed E-state index contributed by atoms with van der Waals surface area (Å²) in [6.45, 7) is 3.37. The number of fused-ring (bicyclic) bond motifs is 11. The molecule has 4 heterocycles. The summed E-state index contributed by atoms with van der Waals surface area (Å²) in [7, 11) is 0. The fraction of sp³-hybridized carbons (Fsp3) is 0.278. The summed E-state index contributed by atoms with van der Waals surface area (Å²) in [5.74, 6) is 1.31. The van der Waals surface area contributed by atoms with Gasteiger partial charge in [0.15, 0.2) is 0 Å². The first-order chi connectivity index (χ1) is 19.7. The van der Waals surface area contributed by atoms with Crippen LogP contribution < -0.4 is 5.56 Å². The van der Waals surface area contributed by atoms with Crippen molar-refractivity contribution in [3.63, 3.8) is 0 Å². The summed E-state index contributed by atoms with van der Waals surface area (Å²) >= 11 is 0. The Hall–Kier alpha value is -4.02. The van der Waals surface area contributed by atoms with E-state index < -0.39 is 5.54 Å². The van der Waals surface area contributed by atoms with Gasteiger partial charge in [-0.2, -0.15) is 0 Å². The number of hydrogen-bond acceptors (Lipinski definition) is 3. The first-order valence-corrected chi connectivity index (χ1v) is 14.7. The van der Waals surface area contributed by atoms with Gasteiger partial charge >= 0.3 is 0 Å². The molecule has 2 saturated heterocycles. The largest absolute Gasteiger partial charge is 0.282 e. The monoisotopic (exact) mass is 521 g/mol. The van der Waals surface area contributed by atoms with Gasteiger partial charge in [0.25, 0.3) is 5.56 Å². The fourth-order valence-corrected chi connectivity index (χ4v) is 10.2. The van der Waals surface area contributed by atoms with Crippen LogP contribution in [-0.4, -0.2) is 27.0 Å². The van der Waals surface area contributed by atoms with E-state index in [1.54, 1.807) is 0 Å². The van der Waals surface area contributed by atoms with Crippen molar-refractivity contribution in [3.8, 4) is 5.69 Å². The number of nitrogens with zero attached hydrogens (tertiary/aromatic N) is 3. The van der Waals surface area contributed by atoms with Gasteiger partial charge in [0.1, 0.15) is 11.4 Å². The van der Waals surface area contributed by atoms with Crippen molar-refractivity contribution in [3.05, 3.63) is 142 Å². The van der Waals surface area contributed by atoms with Gasteiger partial charge in [-0.25, -0.2) is 4.98 Å². The van der Waals surface area contributed by atoms with Gasteiger partial charge in [-0.3, -0.25) is 14.3 Å². The van der Waals surface area contributed by atoms with E-state index in [2.05, 4.69) is 96.8 Å². The molecule has 0 radical (unpaired) electrons. The van der Waals surface area contributed by atoms with Crippen LogP contribution in [0.2, 0.25) is 0 Å². The quantitative estimate of drug-likeness (QED) is 0.278. The second-order valence-corrected chi connectivity index (χ2v) is 12.0. The van der Waals surface area contributed by atoms with Crippen LogP contribution in [0.15, 0.2) is 114 Å². The molecule has 3 aliphatic heterocycles. The average molecular weight is 522 g/mol. The molecule has 196 valence electrons. The van der Waals surface area contributed by atoms with Gasteiger partial charge in [-0.1, -0.05) is 104 Å². The van der Waals surface area contributed by atoms with Gasteiger partial charge < -0.3 is 0 Å². The molecule has 0 amide bonds. The van der Waals surface area contributed by atoms with Gasteiger partial charge in [-0.15, -0.1) is 0 Å². The van der Waals surface area contributed by atoms with Crippen molar-refractivity contribution < 1.29 is 0 Å². The lowest BCUT2D eigenvalue weighted by Gasteiger charge is -2.44. The summed E-state index contributed by atoms with van der Waals surface area (Å²) < 4.78 is 1.98. The van der Waals surface area contributed by atoms with Gasteiger partial charge in [-0.05, 0) is 54.6 Å². The average Bonchev–Trinajstić information content (AvgIpc) is 3.27. The zero-order chi connectivity index (χ0) is 26.7. The van der Waals surface area contributed by atoms with E-state index in [0.29, 0.717) is 17.3 Å². The van der Waals surface area contributed by atoms with Crippen LogP contribution in [0.3, 0.4) is 0 Å². The number of benzene rings is 4. The van der Waals surface area contributed by atoms with E-state index in [1.165, 1.54) is 16.7 Å². The summed E-state index contributed by atoms with van der Waals surface area (Å²) in [4.78, 5) is 22.7. The summed E-state index contributed by atoms with van der Waals surface area (Å²) in [5, 5.41) is 0.681. The van der Waals surface area contributed by atoms with Crippen molar-refractivity contribution in [2.45, 2.75) is 48.6 Å². The van der Waals surface area contributed by atoms with Crippen LogP contribution in [0.4, 0.5) is 0 Å². The third-order valence-corrected chi connectivity index (χ3v) is 10.9. The molecule has 3 fully saturated rings. The molecule has 1 aliphatic carbocycles. The molecule has 0 N–H and O–H groups in total. The predicted molar refractivity (Wildman–Crippen MR) is 158 cm³/mol. The molecule has 5 atom stereocenters. The molecule has 4 aliphatic rings. The molecule has 9 rings (SSSR count). The molecule has 1 aromatic heterocycles. The minimum absolute atomic E-state index is 0.0368. The lowest BCUT2D eigenvalue weighted by Crippen LogP contribution is -2.53. The van der Waals surface area contributed by atoms with Gasteiger partial charge in [0.2, 0.25) is 0 Å². The van der Waals surface area contributed by atoms with Crippen molar-refractivity contribution in [1.29, 1.82) is 0 Å². The fourth-order valence-electron chi connectivity index (χ4n) is 10.2. The Kier molecular flexibility index (Phi) is 4.32. The summed E-state index contributed by atoms with van der Waals surface area (Å²) in [5.41, 5.74) is 4.96. The van der Waals surface area contributed by atoms with Crippen molar-refractivity contribution in [2.75, 3.05) is 6.54 Å². The molecule has 5 aromatic rings. The maximum Gasteiger partial charge on any atom is 0.266 e. The van der Waals surface area contributed by atoms with E-state index in [-0.39, 0.29) is 16.4 Å². The minimum Gasteiger partial charge on any atom is -0.282 e. The van der Waals surface area contributed by atoms with Crippen LogP contribution in [0.1, 0.15) is 48.7 Å². The van der Waals surface area contributed by atoms with Crippen molar-refractivity contribution in [2.24, 2.45) is 5.92 Å². The number of rotatable bonds is 3. The predicted octanol–water partition coefficient (Wildman–Crippen LogP) is 6.34. The highest BCUT2D eigenvalue weighted by Crippen LogP contribution is 2.87. The Morgan fingerprint density at radius 2 is 1.50 bits per heavy atom. The number of aromatic nitrogens is 2. The molecular weight excluding hydrogens is 490 g/mol.